The van der Waals surface area contributed by atoms with Crippen molar-refractivity contribution in [3.05, 3.63) is 79.8 Å². The first-order valence-corrected chi connectivity index (χ1v) is 11.7. The van der Waals surface area contributed by atoms with E-state index in [-0.39, 0.29) is 31.4 Å². The molecular formula is C24H18Cl2N2O6S. The second kappa shape index (κ2) is 9.69. The van der Waals surface area contributed by atoms with Crippen molar-refractivity contribution in [3.63, 3.8) is 0 Å². The number of hydrogen-bond donors (Lipinski definition) is 1. The van der Waals surface area contributed by atoms with Gasteiger partial charge in [-0.15, -0.1) is 0 Å². The monoisotopic (exact) mass is 532 g/mol. The number of aliphatic hydroxyl groups excluding tert-OH is 1. The lowest BCUT2D eigenvalue weighted by Crippen LogP contribution is -2.29. The molecule has 180 valence electrons. The number of ether oxygens (including phenoxy) is 2. The summed E-state index contributed by atoms with van der Waals surface area (Å²) < 4.78 is 9.93. The van der Waals surface area contributed by atoms with Crippen LogP contribution in [0.1, 0.15) is 32.5 Å². The van der Waals surface area contributed by atoms with E-state index in [2.05, 4.69) is 4.98 Å². The first-order chi connectivity index (χ1) is 16.7. The Morgan fingerprint density at radius 3 is 2.37 bits per heavy atom. The molecule has 2 aromatic carbocycles. The molecule has 1 atom stereocenters. The number of thiazole rings is 1. The molecule has 1 N–H and O–H groups in total. The zero-order chi connectivity index (χ0) is 25.4. The Labute approximate surface area is 214 Å². The molecule has 1 aliphatic heterocycles. The number of anilines is 1. The van der Waals surface area contributed by atoms with E-state index >= 15 is 0 Å². The predicted octanol–water partition coefficient (Wildman–Crippen LogP) is 5.18. The van der Waals surface area contributed by atoms with Crippen LogP contribution in [0, 0.1) is 6.92 Å². The number of aliphatic hydroxyl groups is 1. The van der Waals surface area contributed by atoms with Crippen LogP contribution in [-0.2, 0) is 14.3 Å². The molecule has 0 radical (unpaired) electrons. The van der Waals surface area contributed by atoms with Gasteiger partial charge in [-0.25, -0.2) is 9.78 Å². The minimum atomic E-state index is -1.08. The maximum Gasteiger partial charge on any atom is 0.350 e. The number of Topliss-reactive ketones (excluding diaryl/α,β-unsaturated/α-hetero) is 1. The van der Waals surface area contributed by atoms with Gasteiger partial charge in [0.1, 0.15) is 16.4 Å². The van der Waals surface area contributed by atoms with Gasteiger partial charge < -0.3 is 14.6 Å². The van der Waals surface area contributed by atoms with Gasteiger partial charge in [-0.3, -0.25) is 14.5 Å². The largest absolute Gasteiger partial charge is 0.507 e. The standard InChI is InChI=1S/C24H18Cl2N2O6S/c1-11-21(23(32)34-3)35-24(27-11)28-18(13-6-9-15(25)16(26)10-13)17(20(30)22(28)31)19(29)12-4-7-14(33-2)8-5-12/h4-10,18,29H,1-3H3/b19-17+. The van der Waals surface area contributed by atoms with E-state index in [0.717, 1.165) is 16.2 Å². The highest BCUT2D eigenvalue weighted by Gasteiger charge is 2.48. The van der Waals surface area contributed by atoms with Gasteiger partial charge in [-0.2, -0.15) is 0 Å². The number of benzene rings is 2. The molecule has 1 aromatic heterocycles. The quantitative estimate of drug-likeness (QED) is 0.209. The molecule has 4 rings (SSSR count). The zero-order valence-corrected chi connectivity index (χ0v) is 21.0. The number of methoxy groups -OCH3 is 2. The summed E-state index contributed by atoms with van der Waals surface area (Å²) in [5.41, 5.74) is 0.897. The number of ketones is 1. The van der Waals surface area contributed by atoms with Crippen LogP contribution in [-0.4, -0.2) is 42.0 Å². The molecule has 11 heteroatoms. The fraction of sp³-hybridized carbons (Fsp3) is 0.167. The first kappa shape index (κ1) is 24.7. The number of aromatic nitrogens is 1. The van der Waals surface area contributed by atoms with E-state index in [1.807, 2.05) is 0 Å². The first-order valence-electron chi connectivity index (χ1n) is 10.1. The highest BCUT2D eigenvalue weighted by Crippen LogP contribution is 2.45. The van der Waals surface area contributed by atoms with Crippen LogP contribution >= 0.6 is 34.5 Å². The summed E-state index contributed by atoms with van der Waals surface area (Å²) in [7, 11) is 2.74. The molecule has 1 amide bonds. The second-order valence-electron chi connectivity index (χ2n) is 7.47. The van der Waals surface area contributed by atoms with Crippen LogP contribution in [0.15, 0.2) is 48.0 Å². The molecule has 2 heterocycles. The minimum absolute atomic E-state index is 0.0925. The summed E-state index contributed by atoms with van der Waals surface area (Å²) in [6.45, 7) is 1.59. The van der Waals surface area contributed by atoms with E-state index in [0.29, 0.717) is 22.6 Å². The normalized spacial score (nSPS) is 17.1. The molecule has 1 saturated heterocycles. The molecule has 0 spiro atoms. The fourth-order valence-corrected chi connectivity index (χ4v) is 5.02. The minimum Gasteiger partial charge on any atom is -0.507 e. The Bertz CT molecular complexity index is 1380. The summed E-state index contributed by atoms with van der Waals surface area (Å²) in [5, 5.41) is 11.7. The predicted molar refractivity (Wildman–Crippen MR) is 132 cm³/mol. The van der Waals surface area contributed by atoms with Gasteiger partial charge >= 0.3 is 11.9 Å². The fourth-order valence-electron chi connectivity index (χ4n) is 3.70. The highest BCUT2D eigenvalue weighted by atomic mass is 35.5. The van der Waals surface area contributed by atoms with E-state index < -0.39 is 23.7 Å². The molecule has 3 aromatic rings. The number of rotatable bonds is 5. The van der Waals surface area contributed by atoms with Crippen LogP contribution in [0.25, 0.3) is 5.76 Å². The number of halogens is 2. The van der Waals surface area contributed by atoms with Crippen LogP contribution in [0.5, 0.6) is 5.75 Å². The Morgan fingerprint density at radius 1 is 1.09 bits per heavy atom. The molecule has 8 nitrogen and oxygen atoms in total. The SMILES string of the molecule is COC(=O)c1sc(N2C(=O)C(=O)/C(=C(/O)c3ccc(OC)cc3)C2c2ccc(Cl)c(Cl)c2)nc1C. The third-order valence-corrected chi connectivity index (χ3v) is 7.31. The number of nitrogens with zero attached hydrogens (tertiary/aromatic N) is 2. The van der Waals surface area contributed by atoms with Crippen LogP contribution in [0.3, 0.4) is 0 Å². The molecule has 0 bridgehead atoms. The van der Waals surface area contributed by atoms with Gasteiger partial charge in [0.25, 0.3) is 5.78 Å². The molecule has 0 aliphatic carbocycles. The Morgan fingerprint density at radius 2 is 1.77 bits per heavy atom. The van der Waals surface area contributed by atoms with Crippen molar-refractivity contribution in [2.75, 3.05) is 19.1 Å². The van der Waals surface area contributed by atoms with E-state index in [1.54, 1.807) is 37.3 Å². The molecular weight excluding hydrogens is 515 g/mol. The summed E-state index contributed by atoms with van der Waals surface area (Å²) in [5.74, 6) is -2.28. The number of esters is 1. The van der Waals surface area contributed by atoms with Gasteiger partial charge in [0, 0.05) is 5.56 Å². The smallest absolute Gasteiger partial charge is 0.350 e. The summed E-state index contributed by atoms with van der Waals surface area (Å²) in [4.78, 5) is 44.3. The van der Waals surface area contributed by atoms with Gasteiger partial charge in [0.15, 0.2) is 5.13 Å². The third-order valence-electron chi connectivity index (χ3n) is 5.43. The highest BCUT2D eigenvalue weighted by molar-refractivity contribution is 7.17. The third kappa shape index (κ3) is 4.38. The van der Waals surface area contributed by atoms with Crippen molar-refractivity contribution < 1.29 is 29.0 Å². The number of carbonyl (C=O) groups is 3. The van der Waals surface area contributed by atoms with Crippen LogP contribution in [0.4, 0.5) is 5.13 Å². The average molecular weight is 533 g/mol. The Kier molecular flexibility index (Phi) is 6.84. The van der Waals surface area contributed by atoms with Gasteiger partial charge in [-0.05, 0) is 48.9 Å². The van der Waals surface area contributed by atoms with E-state index in [9.17, 15) is 19.5 Å². The van der Waals surface area contributed by atoms with Gasteiger partial charge in [-0.1, -0.05) is 40.6 Å². The maximum atomic E-state index is 13.3. The topological polar surface area (TPSA) is 106 Å². The lowest BCUT2D eigenvalue weighted by atomic mass is 9.95. The van der Waals surface area contributed by atoms with E-state index in [1.165, 1.54) is 26.4 Å². The van der Waals surface area contributed by atoms with Gasteiger partial charge in [0.2, 0.25) is 0 Å². The van der Waals surface area contributed by atoms with Crippen molar-refractivity contribution in [3.8, 4) is 5.75 Å². The van der Waals surface area contributed by atoms with Crippen LogP contribution < -0.4 is 9.64 Å². The molecule has 1 fully saturated rings. The van der Waals surface area contributed by atoms with Gasteiger partial charge in [0.05, 0.1) is 41.6 Å². The molecule has 0 saturated carbocycles. The maximum absolute atomic E-state index is 13.3. The van der Waals surface area contributed by atoms with E-state index in [4.69, 9.17) is 32.7 Å². The van der Waals surface area contributed by atoms with Crippen molar-refractivity contribution in [2.45, 2.75) is 13.0 Å². The Balaban J connectivity index is 1.94. The number of carbonyl (C=O) groups excluding carboxylic acids is 3. The molecule has 1 aliphatic rings. The lowest BCUT2D eigenvalue weighted by Gasteiger charge is -2.23. The molecule has 35 heavy (non-hydrogen) atoms. The number of hydrogen-bond acceptors (Lipinski definition) is 8. The van der Waals surface area contributed by atoms with Crippen molar-refractivity contribution in [1.29, 1.82) is 0 Å². The molecule has 1 unspecified atom stereocenters. The van der Waals surface area contributed by atoms with Crippen LogP contribution in [0.2, 0.25) is 10.0 Å². The second-order valence-corrected chi connectivity index (χ2v) is 9.27. The average Bonchev–Trinajstić information content (AvgIpc) is 3.36. The van der Waals surface area contributed by atoms with Crippen molar-refractivity contribution >= 4 is 63.1 Å². The Hall–Kier alpha value is -3.40. The summed E-state index contributed by atoms with van der Waals surface area (Å²) in [6, 6.07) is 9.92. The summed E-state index contributed by atoms with van der Waals surface area (Å²) >= 11 is 13.2. The lowest BCUT2D eigenvalue weighted by molar-refractivity contribution is -0.132. The summed E-state index contributed by atoms with van der Waals surface area (Å²) in [6.07, 6.45) is 0. The number of amides is 1. The van der Waals surface area contributed by atoms with Crippen molar-refractivity contribution in [1.82, 2.24) is 4.98 Å². The van der Waals surface area contributed by atoms with Crippen molar-refractivity contribution in [2.24, 2.45) is 0 Å². The zero-order valence-electron chi connectivity index (χ0n) is 18.7. The number of aryl methyl sites for hydroxylation is 1.